The fraction of sp³-hybridized carbons (Fsp3) is 0.148. The van der Waals surface area contributed by atoms with Crippen LogP contribution in [0.3, 0.4) is 0 Å². The second kappa shape index (κ2) is 12.3. The van der Waals surface area contributed by atoms with Crippen molar-refractivity contribution in [1.82, 2.24) is 0 Å². The number of benzene rings is 3. The molecular weight excluding hydrogens is 482 g/mol. The fourth-order valence-corrected chi connectivity index (χ4v) is 3.48. The molecule has 0 heterocycles. The summed E-state index contributed by atoms with van der Waals surface area (Å²) in [6.45, 7) is 1.58. The molecule has 0 unspecified atom stereocenters. The van der Waals surface area contributed by atoms with E-state index in [0.717, 1.165) is 5.56 Å². The monoisotopic (exact) mass is 505 g/mol. The van der Waals surface area contributed by atoms with E-state index in [1.165, 1.54) is 19.3 Å². The molecule has 8 nitrogen and oxygen atoms in total. The van der Waals surface area contributed by atoms with Crippen LogP contribution in [0.25, 0.3) is 6.08 Å². The molecule has 3 aromatic carbocycles. The van der Waals surface area contributed by atoms with E-state index in [4.69, 9.17) is 25.8 Å². The Bertz CT molecular complexity index is 1330. The Morgan fingerprint density at radius 3 is 2.39 bits per heavy atom. The maximum absolute atomic E-state index is 12.6. The first-order valence-electron chi connectivity index (χ1n) is 10.8. The number of nitrogens with one attached hydrogen (secondary N) is 2. The van der Waals surface area contributed by atoms with Crippen LogP contribution in [0.4, 0.5) is 11.4 Å². The Hall–Kier alpha value is -4.48. The lowest BCUT2D eigenvalue weighted by Gasteiger charge is -2.14. The molecule has 2 N–H and O–H groups in total. The second-order valence-electron chi connectivity index (χ2n) is 7.59. The molecular formula is C27H24ClN3O5. The zero-order valence-electron chi connectivity index (χ0n) is 19.9. The molecule has 0 fully saturated rings. The molecule has 9 heteroatoms. The van der Waals surface area contributed by atoms with Crippen molar-refractivity contribution in [2.24, 2.45) is 0 Å². The largest absolute Gasteiger partial charge is 0.497 e. The molecule has 0 aliphatic heterocycles. The number of aryl methyl sites for hydroxylation is 1. The van der Waals surface area contributed by atoms with Crippen molar-refractivity contribution < 1.29 is 23.8 Å². The van der Waals surface area contributed by atoms with Crippen molar-refractivity contribution in [2.75, 3.05) is 31.5 Å². The van der Waals surface area contributed by atoms with Gasteiger partial charge in [0.1, 0.15) is 17.4 Å². The van der Waals surface area contributed by atoms with Gasteiger partial charge in [-0.3, -0.25) is 9.59 Å². The first kappa shape index (κ1) is 26.1. The summed E-state index contributed by atoms with van der Waals surface area (Å²) >= 11 is 6.38. The topological polar surface area (TPSA) is 110 Å². The van der Waals surface area contributed by atoms with Gasteiger partial charge in [0.05, 0.1) is 19.2 Å². The Morgan fingerprint density at radius 1 is 1.00 bits per heavy atom. The van der Waals surface area contributed by atoms with E-state index in [9.17, 15) is 14.9 Å². The summed E-state index contributed by atoms with van der Waals surface area (Å²) < 4.78 is 16.1. The van der Waals surface area contributed by atoms with Crippen LogP contribution in [-0.2, 0) is 9.59 Å². The quantitative estimate of drug-likeness (QED) is 0.304. The molecule has 0 saturated heterocycles. The van der Waals surface area contributed by atoms with Crippen LogP contribution in [0, 0.1) is 18.3 Å². The third kappa shape index (κ3) is 7.01. The number of ether oxygens (including phenoxy) is 3. The summed E-state index contributed by atoms with van der Waals surface area (Å²) in [5.41, 5.74) is 2.45. The standard InChI is InChI=1S/C27H24ClN3O5/c1-17-5-4-6-21(11-17)31-27(33)19(15-29)12-18-13-23(28)26(24(14-18)35-3)36-16-25(32)30-20-7-9-22(34-2)10-8-20/h4-14H,16H2,1-3H3,(H,30,32)(H,31,33)/b19-12+. The Labute approximate surface area is 214 Å². The molecule has 2 amide bonds. The van der Waals surface area contributed by atoms with Gasteiger partial charge in [-0.05, 0) is 72.7 Å². The normalized spacial score (nSPS) is 10.7. The molecule has 0 saturated carbocycles. The predicted octanol–water partition coefficient (Wildman–Crippen LogP) is 5.23. The van der Waals surface area contributed by atoms with Crippen LogP contribution in [0.5, 0.6) is 17.2 Å². The minimum atomic E-state index is -0.561. The highest BCUT2D eigenvalue weighted by Crippen LogP contribution is 2.37. The van der Waals surface area contributed by atoms with Gasteiger partial charge in [0.15, 0.2) is 18.1 Å². The van der Waals surface area contributed by atoms with Crippen molar-refractivity contribution in [1.29, 1.82) is 5.26 Å². The van der Waals surface area contributed by atoms with Gasteiger partial charge in [0.25, 0.3) is 11.8 Å². The van der Waals surface area contributed by atoms with Crippen molar-refractivity contribution in [3.63, 3.8) is 0 Å². The summed E-state index contributed by atoms with van der Waals surface area (Å²) in [5.74, 6) is 0.101. The average molecular weight is 506 g/mol. The van der Waals surface area contributed by atoms with E-state index < -0.39 is 11.8 Å². The lowest BCUT2D eigenvalue weighted by atomic mass is 10.1. The van der Waals surface area contributed by atoms with Crippen LogP contribution in [0.2, 0.25) is 5.02 Å². The van der Waals surface area contributed by atoms with Gasteiger partial charge in [-0.2, -0.15) is 5.26 Å². The summed E-state index contributed by atoms with van der Waals surface area (Å²) in [5, 5.41) is 15.1. The smallest absolute Gasteiger partial charge is 0.266 e. The number of rotatable bonds is 9. The van der Waals surface area contributed by atoms with Gasteiger partial charge in [0.2, 0.25) is 0 Å². The molecule has 0 bridgehead atoms. The van der Waals surface area contributed by atoms with Gasteiger partial charge < -0.3 is 24.8 Å². The van der Waals surface area contributed by atoms with E-state index >= 15 is 0 Å². The summed E-state index contributed by atoms with van der Waals surface area (Å²) in [6, 6.07) is 19.0. The zero-order valence-corrected chi connectivity index (χ0v) is 20.7. The first-order chi connectivity index (χ1) is 17.3. The highest BCUT2D eigenvalue weighted by atomic mass is 35.5. The maximum atomic E-state index is 12.6. The minimum absolute atomic E-state index is 0.123. The van der Waals surface area contributed by atoms with Crippen LogP contribution in [0.1, 0.15) is 11.1 Å². The summed E-state index contributed by atoms with van der Waals surface area (Å²) in [4.78, 5) is 24.9. The van der Waals surface area contributed by atoms with E-state index in [1.807, 2.05) is 19.1 Å². The molecule has 0 aliphatic carbocycles. The number of halogens is 1. The lowest BCUT2D eigenvalue weighted by molar-refractivity contribution is -0.118. The molecule has 0 atom stereocenters. The van der Waals surface area contributed by atoms with Crippen LogP contribution in [-0.4, -0.2) is 32.6 Å². The van der Waals surface area contributed by atoms with Crippen molar-refractivity contribution >= 4 is 40.9 Å². The van der Waals surface area contributed by atoms with Crippen LogP contribution >= 0.6 is 11.6 Å². The van der Waals surface area contributed by atoms with Gasteiger partial charge in [-0.1, -0.05) is 23.7 Å². The number of methoxy groups -OCH3 is 2. The number of nitriles is 1. The van der Waals surface area contributed by atoms with E-state index in [-0.39, 0.29) is 28.7 Å². The summed E-state index contributed by atoms with van der Waals surface area (Å²) in [6.07, 6.45) is 1.39. The molecule has 3 rings (SSSR count). The molecule has 0 aliphatic rings. The number of hydrogen-bond acceptors (Lipinski definition) is 6. The number of carbonyl (C=O) groups excluding carboxylic acids is 2. The van der Waals surface area contributed by atoms with Crippen LogP contribution < -0.4 is 24.8 Å². The fourth-order valence-electron chi connectivity index (χ4n) is 3.21. The van der Waals surface area contributed by atoms with E-state index in [0.29, 0.717) is 22.7 Å². The Balaban J connectivity index is 1.72. The third-order valence-corrected chi connectivity index (χ3v) is 5.21. The number of nitrogens with zero attached hydrogens (tertiary/aromatic N) is 1. The second-order valence-corrected chi connectivity index (χ2v) is 8.00. The van der Waals surface area contributed by atoms with Crippen LogP contribution in [0.15, 0.2) is 66.2 Å². The van der Waals surface area contributed by atoms with Crippen molar-refractivity contribution in [2.45, 2.75) is 6.92 Å². The SMILES string of the molecule is COc1ccc(NC(=O)COc2c(Cl)cc(/C=C(\C#N)C(=O)Nc3cccc(C)c3)cc2OC)cc1. The number of amides is 2. The van der Waals surface area contributed by atoms with Gasteiger partial charge in [-0.25, -0.2) is 0 Å². The highest BCUT2D eigenvalue weighted by molar-refractivity contribution is 6.32. The Morgan fingerprint density at radius 2 is 1.75 bits per heavy atom. The van der Waals surface area contributed by atoms with E-state index in [1.54, 1.807) is 55.6 Å². The number of carbonyl (C=O) groups is 2. The van der Waals surface area contributed by atoms with Crippen molar-refractivity contribution in [3.8, 4) is 23.3 Å². The highest BCUT2D eigenvalue weighted by Gasteiger charge is 2.16. The van der Waals surface area contributed by atoms with Gasteiger partial charge >= 0.3 is 0 Å². The third-order valence-electron chi connectivity index (χ3n) is 4.93. The van der Waals surface area contributed by atoms with Crippen molar-refractivity contribution in [3.05, 3.63) is 82.4 Å². The lowest BCUT2D eigenvalue weighted by Crippen LogP contribution is -2.20. The molecule has 0 aromatic heterocycles. The van der Waals surface area contributed by atoms with Gasteiger partial charge in [-0.15, -0.1) is 0 Å². The number of anilines is 2. The average Bonchev–Trinajstić information content (AvgIpc) is 2.86. The van der Waals surface area contributed by atoms with E-state index in [2.05, 4.69) is 10.6 Å². The maximum Gasteiger partial charge on any atom is 0.266 e. The predicted molar refractivity (Wildman–Crippen MR) is 139 cm³/mol. The molecule has 184 valence electrons. The molecule has 3 aromatic rings. The zero-order chi connectivity index (χ0) is 26.1. The van der Waals surface area contributed by atoms with Gasteiger partial charge in [0, 0.05) is 11.4 Å². The minimum Gasteiger partial charge on any atom is -0.497 e. The first-order valence-corrected chi connectivity index (χ1v) is 11.1. The molecule has 36 heavy (non-hydrogen) atoms. The summed E-state index contributed by atoms with van der Waals surface area (Å²) in [7, 11) is 2.97. The Kier molecular flexibility index (Phi) is 8.92. The number of hydrogen-bond donors (Lipinski definition) is 2. The molecule has 0 radical (unpaired) electrons. The molecule has 0 spiro atoms.